The van der Waals surface area contributed by atoms with E-state index < -0.39 is 0 Å². The van der Waals surface area contributed by atoms with Gasteiger partial charge in [0.2, 0.25) is 5.89 Å². The second-order valence-electron chi connectivity index (χ2n) is 6.63. The number of hydrogen-bond donors (Lipinski definition) is 0. The zero-order chi connectivity index (χ0) is 18.7. The predicted molar refractivity (Wildman–Crippen MR) is 104 cm³/mol. The molecule has 3 rings (SSSR count). The van der Waals surface area contributed by atoms with Gasteiger partial charge in [-0.05, 0) is 25.5 Å². The highest BCUT2D eigenvalue weighted by atomic mass is 32.2. The molecule has 0 unspecified atom stereocenters. The molecule has 0 amide bonds. The summed E-state index contributed by atoms with van der Waals surface area (Å²) in [6.07, 6.45) is 1.94. The van der Waals surface area contributed by atoms with Crippen molar-refractivity contribution in [3.05, 3.63) is 46.3 Å². The summed E-state index contributed by atoms with van der Waals surface area (Å²) in [4.78, 5) is 22.1. The lowest BCUT2D eigenvalue weighted by molar-refractivity contribution is 0.372. The van der Waals surface area contributed by atoms with Crippen LogP contribution in [0.25, 0.3) is 10.9 Å². The summed E-state index contributed by atoms with van der Waals surface area (Å²) in [5.74, 6) is 1.47. The minimum atomic E-state index is -0.0871. The molecule has 1 atom stereocenters. The van der Waals surface area contributed by atoms with E-state index in [4.69, 9.17) is 9.51 Å². The monoisotopic (exact) mass is 372 g/mol. The average molecular weight is 372 g/mol. The van der Waals surface area contributed by atoms with Gasteiger partial charge in [0.1, 0.15) is 0 Å². The first-order valence-electron chi connectivity index (χ1n) is 9.01. The molecule has 0 N–H and O–H groups in total. The van der Waals surface area contributed by atoms with Crippen LogP contribution in [0, 0.1) is 0 Å². The van der Waals surface area contributed by atoms with Crippen LogP contribution in [0.3, 0.4) is 0 Å². The molecule has 0 aliphatic carbocycles. The predicted octanol–water partition coefficient (Wildman–Crippen LogP) is 4.56. The highest BCUT2D eigenvalue weighted by Gasteiger charge is 2.20. The van der Waals surface area contributed by atoms with Gasteiger partial charge in [-0.1, -0.05) is 56.2 Å². The van der Waals surface area contributed by atoms with E-state index in [0.717, 1.165) is 12.8 Å². The minimum absolute atomic E-state index is 0.00662. The summed E-state index contributed by atoms with van der Waals surface area (Å²) in [6.45, 7) is 8.82. The molecule has 1 aromatic carbocycles. The maximum Gasteiger partial charge on any atom is 0.262 e. The summed E-state index contributed by atoms with van der Waals surface area (Å²) in [6, 6.07) is 7.48. The lowest BCUT2D eigenvalue weighted by Crippen LogP contribution is -2.23. The minimum Gasteiger partial charge on any atom is -0.338 e. The molecule has 0 aliphatic rings. The lowest BCUT2D eigenvalue weighted by Gasteiger charge is -2.14. The van der Waals surface area contributed by atoms with Crippen molar-refractivity contribution in [1.29, 1.82) is 0 Å². The molecule has 6 nitrogen and oxygen atoms in total. The van der Waals surface area contributed by atoms with Crippen molar-refractivity contribution in [1.82, 2.24) is 19.7 Å². The Bertz CT molecular complexity index is 948. The molecule has 138 valence electrons. The smallest absolute Gasteiger partial charge is 0.262 e. The van der Waals surface area contributed by atoms with Crippen LogP contribution < -0.4 is 5.56 Å². The molecule has 26 heavy (non-hydrogen) atoms. The summed E-state index contributed by atoms with van der Waals surface area (Å²) in [7, 11) is 0. The third kappa shape index (κ3) is 3.82. The molecule has 0 bridgehead atoms. The van der Waals surface area contributed by atoms with Crippen LogP contribution in [0.4, 0.5) is 0 Å². The zero-order valence-electron chi connectivity index (χ0n) is 15.6. The van der Waals surface area contributed by atoms with Crippen molar-refractivity contribution in [3.8, 4) is 0 Å². The highest BCUT2D eigenvalue weighted by molar-refractivity contribution is 7.99. The van der Waals surface area contributed by atoms with Gasteiger partial charge in [0.15, 0.2) is 11.0 Å². The van der Waals surface area contributed by atoms with E-state index in [1.54, 1.807) is 4.57 Å². The third-order valence-corrected chi connectivity index (χ3v) is 5.24. The van der Waals surface area contributed by atoms with Crippen LogP contribution in [0.2, 0.25) is 0 Å². The van der Waals surface area contributed by atoms with E-state index in [1.807, 2.05) is 45.0 Å². The maximum atomic E-state index is 12.9. The van der Waals surface area contributed by atoms with E-state index >= 15 is 0 Å². The van der Waals surface area contributed by atoms with Crippen LogP contribution >= 0.6 is 11.8 Å². The summed E-state index contributed by atoms with van der Waals surface area (Å²) < 4.78 is 7.17. The molecule has 2 heterocycles. The second-order valence-corrected chi connectivity index (χ2v) is 7.94. The van der Waals surface area contributed by atoms with Gasteiger partial charge in [-0.25, -0.2) is 4.98 Å². The van der Waals surface area contributed by atoms with Crippen LogP contribution in [-0.4, -0.2) is 19.7 Å². The first-order valence-corrected chi connectivity index (χ1v) is 9.89. The highest BCUT2D eigenvalue weighted by Crippen LogP contribution is 2.33. The third-order valence-electron chi connectivity index (χ3n) is 4.17. The van der Waals surface area contributed by atoms with E-state index in [0.29, 0.717) is 34.3 Å². The van der Waals surface area contributed by atoms with Crippen molar-refractivity contribution >= 4 is 22.7 Å². The first-order chi connectivity index (χ1) is 12.5. The Balaban J connectivity index is 1.97. The molecule has 7 heteroatoms. The molecular weight excluding hydrogens is 348 g/mol. The number of rotatable bonds is 7. The van der Waals surface area contributed by atoms with Gasteiger partial charge in [0, 0.05) is 12.5 Å². The Kier molecular flexibility index (Phi) is 5.76. The lowest BCUT2D eigenvalue weighted by atomic mass is 10.2. The van der Waals surface area contributed by atoms with E-state index in [2.05, 4.69) is 17.1 Å². The van der Waals surface area contributed by atoms with Crippen molar-refractivity contribution in [2.24, 2.45) is 0 Å². The van der Waals surface area contributed by atoms with Crippen molar-refractivity contribution in [2.75, 3.05) is 0 Å². The molecule has 0 saturated carbocycles. The van der Waals surface area contributed by atoms with Crippen molar-refractivity contribution in [2.45, 2.75) is 63.4 Å². The van der Waals surface area contributed by atoms with Gasteiger partial charge in [-0.15, -0.1) is 0 Å². The Labute approximate surface area is 157 Å². The molecule has 0 spiro atoms. The average Bonchev–Trinajstić information content (AvgIpc) is 3.12. The fraction of sp³-hybridized carbons (Fsp3) is 0.474. The topological polar surface area (TPSA) is 73.8 Å². The van der Waals surface area contributed by atoms with Crippen LogP contribution in [0.15, 0.2) is 38.7 Å². The quantitative estimate of drug-likeness (QED) is 0.447. The zero-order valence-corrected chi connectivity index (χ0v) is 16.4. The Morgan fingerprint density at radius 1 is 1.19 bits per heavy atom. The molecule has 3 aromatic rings. The summed E-state index contributed by atoms with van der Waals surface area (Å²) in [5, 5.41) is 5.29. The van der Waals surface area contributed by atoms with E-state index in [1.165, 1.54) is 11.8 Å². The number of benzene rings is 1. The standard InChI is InChI=1S/C19H24N4O2S/c1-5-6-11-23-18(24)14-9-7-8-10-15(14)20-19(23)26-13(4)17-21-16(12(2)3)22-25-17/h7-10,12-13H,5-6,11H2,1-4H3/t13-/m0/s1. The van der Waals surface area contributed by atoms with Gasteiger partial charge in [0.25, 0.3) is 5.56 Å². The second kappa shape index (κ2) is 8.03. The summed E-state index contributed by atoms with van der Waals surface area (Å²) >= 11 is 1.48. The summed E-state index contributed by atoms with van der Waals surface area (Å²) in [5.41, 5.74) is 0.723. The van der Waals surface area contributed by atoms with Crippen molar-refractivity contribution < 1.29 is 4.52 Å². The van der Waals surface area contributed by atoms with Gasteiger partial charge >= 0.3 is 0 Å². The van der Waals surface area contributed by atoms with E-state index in [9.17, 15) is 4.79 Å². The molecule has 0 aliphatic heterocycles. The fourth-order valence-electron chi connectivity index (χ4n) is 2.61. The Morgan fingerprint density at radius 3 is 2.65 bits per heavy atom. The van der Waals surface area contributed by atoms with E-state index in [-0.39, 0.29) is 16.7 Å². The number of unbranched alkanes of at least 4 members (excludes halogenated alkanes) is 1. The Morgan fingerprint density at radius 2 is 1.96 bits per heavy atom. The number of para-hydroxylation sites is 1. The SMILES string of the molecule is CCCCn1c(S[C@@H](C)c2nc(C(C)C)no2)nc2ccccc2c1=O. The van der Waals surface area contributed by atoms with Gasteiger partial charge in [-0.2, -0.15) is 4.98 Å². The van der Waals surface area contributed by atoms with Gasteiger partial charge in [-0.3, -0.25) is 9.36 Å². The van der Waals surface area contributed by atoms with Crippen LogP contribution in [0.5, 0.6) is 0 Å². The van der Waals surface area contributed by atoms with Crippen LogP contribution in [-0.2, 0) is 6.54 Å². The Hall–Kier alpha value is -2.15. The van der Waals surface area contributed by atoms with Gasteiger partial charge < -0.3 is 4.52 Å². The number of thioether (sulfide) groups is 1. The molecule has 0 radical (unpaired) electrons. The molecule has 0 fully saturated rings. The van der Waals surface area contributed by atoms with Crippen LogP contribution in [0.1, 0.15) is 63.4 Å². The number of fused-ring (bicyclic) bond motifs is 1. The van der Waals surface area contributed by atoms with Crippen molar-refractivity contribution in [3.63, 3.8) is 0 Å². The first kappa shape index (κ1) is 18.6. The largest absolute Gasteiger partial charge is 0.338 e. The normalized spacial score (nSPS) is 12.8. The van der Waals surface area contributed by atoms with Gasteiger partial charge in [0.05, 0.1) is 16.2 Å². The number of nitrogens with zero attached hydrogens (tertiary/aromatic N) is 4. The number of aromatic nitrogens is 4. The maximum absolute atomic E-state index is 12.9. The molecule has 2 aromatic heterocycles. The fourth-order valence-corrected chi connectivity index (χ4v) is 3.57. The molecular formula is C19H24N4O2S. The molecule has 0 saturated heterocycles. The number of hydrogen-bond acceptors (Lipinski definition) is 6.